The number of aromatic nitrogens is 2. The van der Waals surface area contributed by atoms with Crippen molar-refractivity contribution in [3.8, 4) is 5.69 Å². The molecule has 0 aliphatic carbocycles. The lowest BCUT2D eigenvalue weighted by Crippen LogP contribution is -2.39. The first-order valence-corrected chi connectivity index (χ1v) is 12.8. The van der Waals surface area contributed by atoms with Crippen LogP contribution in [0.15, 0.2) is 58.1 Å². The van der Waals surface area contributed by atoms with Gasteiger partial charge in [0.1, 0.15) is 10.6 Å². The number of amides is 1. The van der Waals surface area contributed by atoms with E-state index in [0.717, 1.165) is 22.4 Å². The van der Waals surface area contributed by atoms with Crippen molar-refractivity contribution in [1.82, 2.24) is 14.0 Å². The van der Waals surface area contributed by atoms with Crippen molar-refractivity contribution in [3.63, 3.8) is 0 Å². The highest BCUT2D eigenvalue weighted by atomic mass is 32.1. The van der Waals surface area contributed by atoms with E-state index in [4.69, 9.17) is 4.74 Å². The van der Waals surface area contributed by atoms with Crippen molar-refractivity contribution in [1.29, 1.82) is 0 Å². The second kappa shape index (κ2) is 9.73. The molecule has 1 amide bonds. The topological polar surface area (TPSA) is 73.5 Å². The third-order valence-electron chi connectivity index (χ3n) is 6.48. The summed E-state index contributed by atoms with van der Waals surface area (Å²) >= 11 is 1.33. The van der Waals surface area contributed by atoms with E-state index in [2.05, 4.69) is 0 Å². The van der Waals surface area contributed by atoms with Gasteiger partial charge in [-0.3, -0.25) is 9.36 Å². The second-order valence-corrected chi connectivity index (χ2v) is 9.80. The molecule has 0 fully saturated rings. The molecule has 1 aliphatic rings. The summed E-state index contributed by atoms with van der Waals surface area (Å²) in [6.45, 7) is 4.92. The molecule has 7 nitrogen and oxygen atoms in total. The minimum Gasteiger partial charge on any atom is -0.450 e. The Morgan fingerprint density at radius 1 is 1.08 bits per heavy atom. The third kappa shape index (κ3) is 4.24. The fourth-order valence-corrected chi connectivity index (χ4v) is 5.99. The zero-order valence-electron chi connectivity index (χ0n) is 20.1. The van der Waals surface area contributed by atoms with Gasteiger partial charge in [-0.25, -0.2) is 18.5 Å². The Labute approximate surface area is 211 Å². The van der Waals surface area contributed by atoms with Crippen molar-refractivity contribution in [3.05, 3.63) is 96.8 Å². The van der Waals surface area contributed by atoms with Crippen LogP contribution in [0.5, 0.6) is 0 Å². The molecule has 0 radical (unpaired) electrons. The van der Waals surface area contributed by atoms with Crippen molar-refractivity contribution in [2.24, 2.45) is 0 Å². The lowest BCUT2D eigenvalue weighted by Gasteiger charge is -2.25. The first-order valence-electron chi connectivity index (χ1n) is 12.0. The molecule has 5 rings (SSSR count). The van der Waals surface area contributed by atoms with Gasteiger partial charge in [0.25, 0.3) is 5.56 Å². The quantitative estimate of drug-likeness (QED) is 0.399. The number of carbonyl (C=O) groups is 1. The van der Waals surface area contributed by atoms with E-state index >= 15 is 0 Å². The summed E-state index contributed by atoms with van der Waals surface area (Å²) in [7, 11) is 0. The molecule has 0 saturated heterocycles. The largest absolute Gasteiger partial charge is 0.450 e. The van der Waals surface area contributed by atoms with Crippen LogP contribution in [0.4, 0.5) is 9.18 Å². The fraction of sp³-hybridized carbons (Fsp3) is 0.296. The monoisotopic (exact) mass is 507 g/mol. The van der Waals surface area contributed by atoms with E-state index in [1.165, 1.54) is 32.6 Å². The molecule has 0 saturated carbocycles. The molecule has 2 aromatic heterocycles. The number of hydrogen-bond acceptors (Lipinski definition) is 5. The Kier molecular flexibility index (Phi) is 6.49. The molecule has 0 unspecified atom stereocenters. The van der Waals surface area contributed by atoms with Crippen molar-refractivity contribution >= 4 is 27.6 Å². The van der Waals surface area contributed by atoms with E-state index in [-0.39, 0.29) is 18.7 Å². The smallest absolute Gasteiger partial charge is 0.410 e. The maximum atomic E-state index is 13.9. The van der Waals surface area contributed by atoms with Gasteiger partial charge >= 0.3 is 11.8 Å². The van der Waals surface area contributed by atoms with Gasteiger partial charge in [0, 0.05) is 11.4 Å². The van der Waals surface area contributed by atoms with Crippen LogP contribution in [-0.4, -0.2) is 33.3 Å². The summed E-state index contributed by atoms with van der Waals surface area (Å²) in [5, 5.41) is 0.481. The van der Waals surface area contributed by atoms with Crippen molar-refractivity contribution in [2.75, 3.05) is 13.2 Å². The van der Waals surface area contributed by atoms with Gasteiger partial charge in [-0.05, 0) is 60.7 Å². The highest BCUT2D eigenvalue weighted by molar-refractivity contribution is 7.18. The Bertz CT molecular complexity index is 1570. The van der Waals surface area contributed by atoms with Crippen molar-refractivity contribution in [2.45, 2.75) is 39.8 Å². The summed E-state index contributed by atoms with van der Waals surface area (Å²) in [6, 6.07) is 13.5. The Morgan fingerprint density at radius 3 is 2.56 bits per heavy atom. The number of ether oxygens (including phenoxy) is 1. The Balaban J connectivity index is 1.72. The summed E-state index contributed by atoms with van der Waals surface area (Å²) in [4.78, 5) is 42.9. The Hall–Kier alpha value is -3.72. The normalized spacial score (nSPS) is 13.1. The summed E-state index contributed by atoms with van der Waals surface area (Å²) in [5.74, 6) is -0.393. The highest BCUT2D eigenvalue weighted by Crippen LogP contribution is 2.33. The fourth-order valence-electron chi connectivity index (χ4n) is 4.64. The van der Waals surface area contributed by atoms with E-state index in [1.54, 1.807) is 36.1 Å². The predicted molar refractivity (Wildman–Crippen MR) is 138 cm³/mol. The maximum Gasteiger partial charge on any atom is 0.410 e. The van der Waals surface area contributed by atoms with Crippen LogP contribution in [0.2, 0.25) is 0 Å². The number of carbonyl (C=O) groups excluding carboxylic acids is 1. The summed E-state index contributed by atoms with van der Waals surface area (Å²) in [6.07, 6.45) is 0.926. The molecule has 1 aliphatic heterocycles. The van der Waals surface area contributed by atoms with Crippen LogP contribution in [0.25, 0.3) is 15.9 Å². The number of thiophene rings is 1. The standard InChI is InChI=1S/C27H26FN3O4S/c1-3-17-8-10-20(11-9-17)31-24(32)23-21-12-13-29(27(34)35-4-2)16-22(21)36-25(23)30(26(31)33)15-18-6-5-7-19(28)14-18/h5-11,14H,3-4,12-13,15-16H2,1-2H3. The Morgan fingerprint density at radius 2 is 1.86 bits per heavy atom. The lowest BCUT2D eigenvalue weighted by molar-refractivity contribution is 0.103. The highest BCUT2D eigenvalue weighted by Gasteiger charge is 2.29. The molecular weight excluding hydrogens is 481 g/mol. The van der Waals surface area contributed by atoms with E-state index in [0.29, 0.717) is 41.0 Å². The van der Waals surface area contributed by atoms with Gasteiger partial charge < -0.3 is 9.64 Å². The molecule has 4 aromatic rings. The first-order chi connectivity index (χ1) is 17.4. The minimum atomic E-state index is -0.484. The minimum absolute atomic E-state index is 0.113. The molecule has 3 heterocycles. The second-order valence-electron chi connectivity index (χ2n) is 8.71. The van der Waals surface area contributed by atoms with Gasteiger partial charge in [0.15, 0.2) is 0 Å². The molecule has 0 N–H and O–H groups in total. The number of fused-ring (bicyclic) bond motifs is 3. The lowest BCUT2D eigenvalue weighted by atomic mass is 10.1. The number of hydrogen-bond donors (Lipinski definition) is 0. The molecule has 9 heteroatoms. The van der Waals surface area contributed by atoms with E-state index in [9.17, 15) is 18.8 Å². The molecular formula is C27H26FN3O4S. The number of nitrogens with zero attached hydrogens (tertiary/aromatic N) is 3. The predicted octanol–water partition coefficient (Wildman–Crippen LogP) is 4.48. The molecule has 0 spiro atoms. The van der Waals surface area contributed by atoms with Crippen LogP contribution in [0, 0.1) is 5.82 Å². The van der Waals surface area contributed by atoms with Crippen LogP contribution < -0.4 is 11.2 Å². The molecule has 0 bridgehead atoms. The number of benzene rings is 2. The van der Waals surface area contributed by atoms with Crippen LogP contribution in [-0.2, 0) is 30.7 Å². The van der Waals surface area contributed by atoms with Gasteiger partial charge in [-0.15, -0.1) is 11.3 Å². The van der Waals surface area contributed by atoms with E-state index in [1.807, 2.05) is 19.1 Å². The zero-order valence-corrected chi connectivity index (χ0v) is 20.9. The SMILES string of the molecule is CCOC(=O)N1CCc2c(sc3c2c(=O)n(-c2ccc(CC)cc2)c(=O)n3Cc2cccc(F)c2)C1. The first kappa shape index (κ1) is 24.0. The number of halogens is 1. The van der Waals surface area contributed by atoms with Gasteiger partial charge in [0.2, 0.25) is 0 Å². The average Bonchev–Trinajstić information content (AvgIpc) is 3.26. The number of rotatable bonds is 5. The maximum absolute atomic E-state index is 13.9. The van der Waals surface area contributed by atoms with Gasteiger partial charge in [-0.1, -0.05) is 31.2 Å². The molecule has 186 valence electrons. The summed E-state index contributed by atoms with van der Waals surface area (Å²) in [5.41, 5.74) is 2.19. The third-order valence-corrected chi connectivity index (χ3v) is 7.72. The van der Waals surface area contributed by atoms with Crippen LogP contribution >= 0.6 is 11.3 Å². The average molecular weight is 508 g/mol. The summed E-state index contributed by atoms with van der Waals surface area (Å²) < 4.78 is 21.8. The molecule has 0 atom stereocenters. The van der Waals surface area contributed by atoms with Gasteiger partial charge in [-0.2, -0.15) is 0 Å². The van der Waals surface area contributed by atoms with Crippen molar-refractivity contribution < 1.29 is 13.9 Å². The van der Waals surface area contributed by atoms with Crippen LogP contribution in [0.3, 0.4) is 0 Å². The van der Waals surface area contributed by atoms with E-state index < -0.39 is 17.6 Å². The zero-order chi connectivity index (χ0) is 25.4. The van der Waals surface area contributed by atoms with Gasteiger partial charge in [0.05, 0.1) is 30.8 Å². The van der Waals surface area contributed by atoms with Crippen LogP contribution in [0.1, 0.15) is 35.4 Å². The molecule has 2 aromatic carbocycles. The molecule has 36 heavy (non-hydrogen) atoms. The number of aryl methyl sites for hydroxylation is 1.